The zero-order valence-corrected chi connectivity index (χ0v) is 13.4. The predicted octanol–water partition coefficient (Wildman–Crippen LogP) is 3.21. The van der Waals surface area contributed by atoms with Gasteiger partial charge in [-0.2, -0.15) is 0 Å². The summed E-state index contributed by atoms with van der Waals surface area (Å²) in [5.41, 5.74) is 7.28. The van der Waals surface area contributed by atoms with Crippen LogP contribution in [0.3, 0.4) is 0 Å². The first-order chi connectivity index (χ1) is 10.1. The van der Waals surface area contributed by atoms with E-state index in [0.29, 0.717) is 28.9 Å². The van der Waals surface area contributed by atoms with Crippen LogP contribution in [0.5, 0.6) is 11.5 Å². The van der Waals surface area contributed by atoms with Gasteiger partial charge in [0.25, 0.3) is 0 Å². The molecule has 1 aromatic rings. The number of piperidine rings is 2. The van der Waals surface area contributed by atoms with Crippen LogP contribution in [0, 0.1) is 0 Å². The van der Waals surface area contributed by atoms with E-state index in [1.54, 1.807) is 14.2 Å². The lowest BCUT2D eigenvalue weighted by Gasteiger charge is -2.50. The Hall–Kier alpha value is -1.13. The molecule has 0 aliphatic carbocycles. The summed E-state index contributed by atoms with van der Waals surface area (Å²) in [5.74, 6) is 1.47. The number of fused-ring (bicyclic) bond motifs is 2. The monoisotopic (exact) mass is 310 g/mol. The molecule has 2 bridgehead atoms. The molecule has 0 spiro atoms. The lowest BCUT2D eigenvalue weighted by atomic mass is 9.81. The Balaban J connectivity index is 2.01. The Morgan fingerprint density at radius 3 is 2.29 bits per heavy atom. The van der Waals surface area contributed by atoms with Gasteiger partial charge in [0.1, 0.15) is 11.5 Å². The largest absolute Gasteiger partial charge is 0.495 e. The summed E-state index contributed by atoms with van der Waals surface area (Å²) in [4.78, 5) is 2.48. The van der Waals surface area contributed by atoms with Crippen molar-refractivity contribution in [2.45, 2.75) is 50.2 Å². The molecule has 116 valence electrons. The summed E-state index contributed by atoms with van der Waals surface area (Å²) in [7, 11) is 3.31. The van der Waals surface area contributed by atoms with Crippen molar-refractivity contribution in [3.8, 4) is 11.5 Å². The van der Waals surface area contributed by atoms with Crippen molar-refractivity contribution in [2.24, 2.45) is 5.73 Å². The molecule has 0 radical (unpaired) electrons. The number of rotatable bonds is 3. The number of halogens is 1. The van der Waals surface area contributed by atoms with Crippen LogP contribution in [0.4, 0.5) is 5.69 Å². The van der Waals surface area contributed by atoms with Gasteiger partial charge in [-0.1, -0.05) is 11.6 Å². The minimum Gasteiger partial charge on any atom is -0.495 e. The first kappa shape index (κ1) is 14.8. The van der Waals surface area contributed by atoms with Gasteiger partial charge in [-0.3, -0.25) is 0 Å². The van der Waals surface area contributed by atoms with Crippen LogP contribution < -0.4 is 20.1 Å². The normalized spacial score (nSPS) is 28.4. The van der Waals surface area contributed by atoms with Gasteiger partial charge in [-0.05, 0) is 38.2 Å². The summed E-state index contributed by atoms with van der Waals surface area (Å²) in [6.07, 6.45) is 5.76. The van der Waals surface area contributed by atoms with Crippen molar-refractivity contribution in [1.82, 2.24) is 0 Å². The highest BCUT2D eigenvalue weighted by Gasteiger charge is 2.38. The second-order valence-electron chi connectivity index (χ2n) is 6.04. The van der Waals surface area contributed by atoms with E-state index in [9.17, 15) is 0 Å². The Kier molecular flexibility index (Phi) is 4.18. The van der Waals surface area contributed by atoms with Crippen LogP contribution in [0.25, 0.3) is 0 Å². The van der Waals surface area contributed by atoms with E-state index in [4.69, 9.17) is 26.8 Å². The van der Waals surface area contributed by atoms with Crippen molar-refractivity contribution >= 4 is 17.3 Å². The molecule has 0 saturated carbocycles. The smallest absolute Gasteiger partial charge is 0.145 e. The molecule has 21 heavy (non-hydrogen) atoms. The number of hydrogen-bond acceptors (Lipinski definition) is 4. The summed E-state index contributed by atoms with van der Waals surface area (Å²) < 4.78 is 10.9. The lowest BCUT2D eigenvalue weighted by molar-refractivity contribution is 0.268. The molecule has 3 rings (SSSR count). The van der Waals surface area contributed by atoms with Crippen LogP contribution in [0.15, 0.2) is 12.1 Å². The molecule has 0 amide bonds. The molecular weight excluding hydrogens is 288 g/mol. The van der Waals surface area contributed by atoms with E-state index in [1.807, 2.05) is 12.1 Å². The Morgan fingerprint density at radius 1 is 1.10 bits per heavy atom. The number of benzene rings is 1. The summed E-state index contributed by atoms with van der Waals surface area (Å²) in [6.45, 7) is 0. The number of nitrogens with two attached hydrogens (primary N) is 1. The maximum atomic E-state index is 6.33. The van der Waals surface area contributed by atoms with Crippen molar-refractivity contribution in [2.75, 3.05) is 19.1 Å². The number of anilines is 1. The van der Waals surface area contributed by atoms with Gasteiger partial charge in [0.05, 0.1) is 24.9 Å². The Morgan fingerprint density at radius 2 is 1.71 bits per heavy atom. The molecule has 2 fully saturated rings. The zero-order valence-electron chi connectivity index (χ0n) is 12.6. The third kappa shape index (κ3) is 2.67. The molecule has 2 unspecified atom stereocenters. The fourth-order valence-electron chi connectivity index (χ4n) is 3.86. The first-order valence-electron chi connectivity index (χ1n) is 7.59. The van der Waals surface area contributed by atoms with Crippen molar-refractivity contribution in [3.05, 3.63) is 17.2 Å². The fourth-order valence-corrected chi connectivity index (χ4v) is 4.10. The minimum atomic E-state index is 0.316. The maximum Gasteiger partial charge on any atom is 0.145 e. The first-order valence-corrected chi connectivity index (χ1v) is 7.97. The molecule has 2 N–H and O–H groups in total. The number of methoxy groups -OCH3 is 2. The van der Waals surface area contributed by atoms with E-state index in [1.165, 1.54) is 19.3 Å². The van der Waals surface area contributed by atoms with Gasteiger partial charge in [-0.15, -0.1) is 0 Å². The van der Waals surface area contributed by atoms with Gasteiger partial charge < -0.3 is 20.1 Å². The summed E-state index contributed by atoms with van der Waals surface area (Å²) >= 11 is 6.33. The van der Waals surface area contributed by atoms with Gasteiger partial charge in [0.2, 0.25) is 0 Å². The zero-order chi connectivity index (χ0) is 15.0. The molecule has 2 heterocycles. The highest BCUT2D eigenvalue weighted by molar-refractivity contribution is 6.32. The van der Waals surface area contributed by atoms with Gasteiger partial charge in [0.15, 0.2) is 0 Å². The number of ether oxygens (including phenoxy) is 2. The predicted molar refractivity (Wildman–Crippen MR) is 85.7 cm³/mol. The van der Waals surface area contributed by atoms with Crippen LogP contribution in [-0.2, 0) is 0 Å². The molecule has 2 aliphatic heterocycles. The van der Waals surface area contributed by atoms with E-state index in [2.05, 4.69) is 4.90 Å². The molecule has 1 aromatic carbocycles. The third-order valence-electron chi connectivity index (χ3n) is 4.74. The van der Waals surface area contributed by atoms with Gasteiger partial charge >= 0.3 is 0 Å². The van der Waals surface area contributed by atoms with E-state index >= 15 is 0 Å². The molecule has 2 saturated heterocycles. The molecule has 0 aromatic heterocycles. The summed E-state index contributed by atoms with van der Waals surface area (Å²) in [6, 6.07) is 5.15. The van der Waals surface area contributed by atoms with Crippen LogP contribution in [-0.4, -0.2) is 32.3 Å². The van der Waals surface area contributed by atoms with E-state index in [-0.39, 0.29) is 0 Å². The topological polar surface area (TPSA) is 47.7 Å². The quantitative estimate of drug-likeness (QED) is 0.931. The maximum absolute atomic E-state index is 6.33. The van der Waals surface area contributed by atoms with Crippen LogP contribution >= 0.6 is 11.6 Å². The van der Waals surface area contributed by atoms with Crippen LogP contribution in [0.2, 0.25) is 5.02 Å². The standard InChI is InChI=1S/C16H23ClN2O2/c1-20-15-9-16(21-2)14(8-13(15)17)19-11-4-3-5-12(19)7-10(18)6-11/h8-12H,3-7,18H2,1-2H3. The third-order valence-corrected chi connectivity index (χ3v) is 5.04. The number of nitrogens with zero attached hydrogens (tertiary/aromatic N) is 1. The SMILES string of the molecule is COc1cc(OC)c(N2C3CCCC2CC(N)C3)cc1Cl. The van der Waals surface area contributed by atoms with Crippen LogP contribution in [0.1, 0.15) is 32.1 Å². The average molecular weight is 311 g/mol. The highest BCUT2D eigenvalue weighted by Crippen LogP contribution is 2.44. The van der Waals surface area contributed by atoms with Gasteiger partial charge in [-0.25, -0.2) is 0 Å². The second-order valence-corrected chi connectivity index (χ2v) is 6.44. The van der Waals surface area contributed by atoms with Crippen molar-refractivity contribution in [1.29, 1.82) is 0 Å². The Bertz CT molecular complexity index is 509. The summed E-state index contributed by atoms with van der Waals surface area (Å²) in [5, 5.41) is 0.626. The van der Waals surface area contributed by atoms with Crippen molar-refractivity contribution < 1.29 is 9.47 Å². The number of hydrogen-bond donors (Lipinski definition) is 1. The molecule has 2 aliphatic rings. The molecular formula is C16H23ClN2O2. The van der Waals surface area contributed by atoms with E-state index < -0.39 is 0 Å². The Labute approximate surface area is 131 Å². The minimum absolute atomic E-state index is 0.316. The fraction of sp³-hybridized carbons (Fsp3) is 0.625. The second kappa shape index (κ2) is 5.93. The van der Waals surface area contributed by atoms with E-state index in [0.717, 1.165) is 24.3 Å². The molecule has 2 atom stereocenters. The molecule has 4 nitrogen and oxygen atoms in total. The van der Waals surface area contributed by atoms with Crippen molar-refractivity contribution in [3.63, 3.8) is 0 Å². The van der Waals surface area contributed by atoms with Gasteiger partial charge in [0, 0.05) is 24.2 Å². The lowest BCUT2D eigenvalue weighted by Crippen LogP contribution is -2.55. The highest BCUT2D eigenvalue weighted by atomic mass is 35.5. The average Bonchev–Trinajstić information content (AvgIpc) is 2.46. The molecule has 5 heteroatoms.